The van der Waals surface area contributed by atoms with E-state index in [4.69, 9.17) is 9.15 Å². The zero-order valence-corrected chi connectivity index (χ0v) is 14.4. The van der Waals surface area contributed by atoms with E-state index < -0.39 is 12.1 Å². The van der Waals surface area contributed by atoms with Gasteiger partial charge in [0.15, 0.2) is 0 Å². The van der Waals surface area contributed by atoms with E-state index in [1.165, 1.54) is 4.90 Å². The van der Waals surface area contributed by atoms with E-state index in [-0.39, 0.29) is 11.7 Å². The van der Waals surface area contributed by atoms with E-state index >= 15 is 0 Å². The van der Waals surface area contributed by atoms with E-state index in [0.717, 1.165) is 5.39 Å². The van der Waals surface area contributed by atoms with Gasteiger partial charge in [0.05, 0.1) is 0 Å². The number of likely N-dealkylation sites (N-methyl/N-ethyl adjacent to an activating group) is 1. The highest BCUT2D eigenvalue weighted by Gasteiger charge is 2.29. The maximum absolute atomic E-state index is 12.7. The van der Waals surface area contributed by atoms with Gasteiger partial charge in [-0.1, -0.05) is 48.5 Å². The second-order valence-electron chi connectivity index (χ2n) is 5.98. The molecule has 0 radical (unpaired) electrons. The Bertz CT molecular complexity index is 912. The number of amides is 1. The van der Waals surface area contributed by atoms with Gasteiger partial charge >= 0.3 is 5.97 Å². The molecule has 5 heteroatoms. The van der Waals surface area contributed by atoms with Crippen LogP contribution < -0.4 is 0 Å². The second-order valence-corrected chi connectivity index (χ2v) is 5.98. The highest BCUT2D eigenvalue weighted by Crippen LogP contribution is 2.28. The lowest BCUT2D eigenvalue weighted by molar-refractivity contribution is -0.138. The Morgan fingerprint density at radius 2 is 1.64 bits per heavy atom. The highest BCUT2D eigenvalue weighted by atomic mass is 16.6. The minimum atomic E-state index is -1.02. The molecule has 1 atom stereocenters. The van der Waals surface area contributed by atoms with Crippen molar-refractivity contribution in [3.63, 3.8) is 0 Å². The molecule has 2 aromatic carbocycles. The fourth-order valence-corrected chi connectivity index (χ4v) is 2.65. The number of hydrogen-bond acceptors (Lipinski definition) is 4. The van der Waals surface area contributed by atoms with Crippen molar-refractivity contribution in [3.05, 3.63) is 71.5 Å². The Labute approximate surface area is 145 Å². The third-order valence-electron chi connectivity index (χ3n) is 4.02. The lowest BCUT2D eigenvalue weighted by Crippen LogP contribution is -2.31. The summed E-state index contributed by atoms with van der Waals surface area (Å²) in [4.78, 5) is 26.5. The molecule has 0 aliphatic heterocycles. The number of para-hydroxylation sites is 1. The van der Waals surface area contributed by atoms with Crippen molar-refractivity contribution in [1.82, 2.24) is 4.90 Å². The molecule has 0 aliphatic rings. The number of esters is 1. The maximum Gasteiger partial charge on any atom is 0.375 e. The Hall–Kier alpha value is -3.08. The number of fused-ring (bicyclic) bond motifs is 1. The Morgan fingerprint density at radius 3 is 2.28 bits per heavy atom. The van der Waals surface area contributed by atoms with Crippen molar-refractivity contribution in [3.8, 4) is 0 Å². The number of rotatable bonds is 4. The molecule has 5 nitrogen and oxygen atoms in total. The summed E-state index contributed by atoms with van der Waals surface area (Å²) in [5, 5.41) is 0.852. The van der Waals surface area contributed by atoms with Crippen LogP contribution >= 0.6 is 0 Å². The molecule has 3 rings (SSSR count). The van der Waals surface area contributed by atoms with Crippen molar-refractivity contribution in [2.45, 2.75) is 13.0 Å². The fraction of sp³-hybridized carbons (Fsp3) is 0.200. The van der Waals surface area contributed by atoms with E-state index in [9.17, 15) is 9.59 Å². The van der Waals surface area contributed by atoms with Crippen molar-refractivity contribution in [2.24, 2.45) is 0 Å². The molecule has 1 amide bonds. The van der Waals surface area contributed by atoms with Gasteiger partial charge < -0.3 is 14.1 Å². The van der Waals surface area contributed by atoms with Crippen LogP contribution in [0.3, 0.4) is 0 Å². The highest BCUT2D eigenvalue weighted by molar-refractivity contribution is 5.97. The first-order chi connectivity index (χ1) is 12.0. The monoisotopic (exact) mass is 337 g/mol. The van der Waals surface area contributed by atoms with Gasteiger partial charge in [0.1, 0.15) is 5.58 Å². The van der Waals surface area contributed by atoms with E-state index in [0.29, 0.717) is 16.7 Å². The largest absolute Gasteiger partial charge is 0.449 e. The van der Waals surface area contributed by atoms with E-state index in [2.05, 4.69) is 0 Å². The summed E-state index contributed by atoms with van der Waals surface area (Å²) in [5.41, 5.74) is 1.93. The van der Waals surface area contributed by atoms with Crippen LogP contribution in [0, 0.1) is 6.92 Å². The molecule has 0 bridgehead atoms. The number of hydrogen-bond donors (Lipinski definition) is 0. The Kier molecular flexibility index (Phi) is 4.57. The molecule has 128 valence electrons. The molecular formula is C20H19NO4. The SMILES string of the molecule is Cc1c(C(=O)O[C@@H](C(=O)N(C)C)c2ccccc2)oc2ccccc12. The normalized spacial score (nSPS) is 12.0. The number of ether oxygens (including phenoxy) is 1. The number of carbonyl (C=O) groups excluding carboxylic acids is 2. The van der Waals surface area contributed by atoms with Gasteiger partial charge in [-0.25, -0.2) is 4.79 Å². The summed E-state index contributed by atoms with van der Waals surface area (Å²) in [6.07, 6.45) is -1.02. The van der Waals surface area contributed by atoms with Crippen LogP contribution in [0.5, 0.6) is 0 Å². The van der Waals surface area contributed by atoms with Gasteiger partial charge in [0.2, 0.25) is 11.9 Å². The first-order valence-electron chi connectivity index (χ1n) is 7.94. The average molecular weight is 337 g/mol. The van der Waals surface area contributed by atoms with Gasteiger partial charge in [-0.3, -0.25) is 4.79 Å². The topological polar surface area (TPSA) is 59.8 Å². The molecule has 0 saturated heterocycles. The van der Waals surface area contributed by atoms with E-state index in [1.54, 1.807) is 51.4 Å². The van der Waals surface area contributed by atoms with Crippen LogP contribution in [0.4, 0.5) is 0 Å². The molecule has 0 unspecified atom stereocenters. The average Bonchev–Trinajstić information content (AvgIpc) is 2.97. The number of aryl methyl sites for hydroxylation is 1. The van der Waals surface area contributed by atoms with Crippen LogP contribution in [0.1, 0.15) is 27.8 Å². The molecule has 1 heterocycles. The molecular weight excluding hydrogens is 318 g/mol. The van der Waals surface area contributed by atoms with Gasteiger partial charge in [-0.15, -0.1) is 0 Å². The van der Waals surface area contributed by atoms with Crippen molar-refractivity contribution in [1.29, 1.82) is 0 Å². The maximum atomic E-state index is 12.7. The smallest absolute Gasteiger partial charge is 0.375 e. The molecule has 1 aromatic heterocycles. The van der Waals surface area contributed by atoms with E-state index in [1.807, 2.05) is 24.3 Å². The Balaban J connectivity index is 1.94. The molecule has 0 N–H and O–H groups in total. The predicted octanol–water partition coefficient (Wildman–Crippen LogP) is 3.73. The molecule has 0 aliphatic carbocycles. The third kappa shape index (κ3) is 3.26. The number of carbonyl (C=O) groups is 2. The van der Waals surface area contributed by atoms with Crippen LogP contribution in [0.25, 0.3) is 11.0 Å². The molecule has 25 heavy (non-hydrogen) atoms. The molecule has 0 spiro atoms. The zero-order valence-electron chi connectivity index (χ0n) is 14.4. The summed E-state index contributed by atoms with van der Waals surface area (Å²) in [6, 6.07) is 16.3. The first-order valence-corrected chi connectivity index (χ1v) is 7.94. The van der Waals surface area contributed by atoms with Crippen molar-refractivity contribution >= 4 is 22.8 Å². The summed E-state index contributed by atoms with van der Waals surface area (Å²) < 4.78 is 11.2. The Morgan fingerprint density at radius 1 is 1.00 bits per heavy atom. The fourth-order valence-electron chi connectivity index (χ4n) is 2.65. The van der Waals surface area contributed by atoms with Crippen molar-refractivity contribution < 1.29 is 18.7 Å². The van der Waals surface area contributed by atoms with Crippen LogP contribution in [0.15, 0.2) is 59.0 Å². The summed E-state index contributed by atoms with van der Waals surface area (Å²) in [7, 11) is 3.25. The minimum absolute atomic E-state index is 0.119. The lowest BCUT2D eigenvalue weighted by atomic mass is 10.1. The predicted molar refractivity (Wildman–Crippen MR) is 94.2 cm³/mol. The van der Waals surface area contributed by atoms with Gasteiger partial charge in [-0.2, -0.15) is 0 Å². The zero-order chi connectivity index (χ0) is 18.0. The van der Waals surface area contributed by atoms with Gasteiger partial charge in [0, 0.05) is 30.6 Å². The molecule has 0 saturated carbocycles. The summed E-state index contributed by atoms with van der Waals surface area (Å²) in [6.45, 7) is 1.80. The summed E-state index contributed by atoms with van der Waals surface area (Å²) >= 11 is 0. The third-order valence-corrected chi connectivity index (χ3v) is 4.02. The first kappa shape index (κ1) is 16.8. The standard InChI is InChI=1S/C20H19NO4/c1-13-15-11-7-8-12-16(15)24-17(13)20(23)25-18(19(22)21(2)3)14-9-5-4-6-10-14/h4-12,18H,1-3H3/t18-/m1/s1. The minimum Gasteiger partial charge on any atom is -0.449 e. The van der Waals surface area contributed by atoms with Crippen LogP contribution in [-0.2, 0) is 9.53 Å². The van der Waals surface area contributed by atoms with Gasteiger partial charge in [0.25, 0.3) is 5.91 Å². The quantitative estimate of drug-likeness (QED) is 0.681. The number of nitrogens with zero attached hydrogens (tertiary/aromatic N) is 1. The summed E-state index contributed by atoms with van der Waals surface area (Å²) in [5.74, 6) is -0.847. The van der Waals surface area contributed by atoms with Crippen LogP contribution in [0.2, 0.25) is 0 Å². The molecule has 3 aromatic rings. The van der Waals surface area contributed by atoms with Crippen LogP contribution in [-0.4, -0.2) is 30.9 Å². The number of benzene rings is 2. The second kappa shape index (κ2) is 6.81. The van der Waals surface area contributed by atoms with Gasteiger partial charge in [-0.05, 0) is 13.0 Å². The molecule has 0 fully saturated rings. The lowest BCUT2D eigenvalue weighted by Gasteiger charge is -2.20. The number of furan rings is 1. The van der Waals surface area contributed by atoms with Crippen molar-refractivity contribution in [2.75, 3.05) is 14.1 Å².